The molecular formula is C16H31N3O3. The van der Waals surface area contributed by atoms with E-state index in [9.17, 15) is 9.90 Å². The minimum absolute atomic E-state index is 0.00551. The lowest BCUT2D eigenvalue weighted by Gasteiger charge is -2.41. The van der Waals surface area contributed by atoms with E-state index in [0.29, 0.717) is 0 Å². The Morgan fingerprint density at radius 1 is 1.41 bits per heavy atom. The molecule has 0 unspecified atom stereocenters. The van der Waals surface area contributed by atoms with Crippen molar-refractivity contribution in [3.8, 4) is 0 Å². The molecule has 0 radical (unpaired) electrons. The van der Waals surface area contributed by atoms with E-state index in [1.54, 1.807) is 0 Å². The Bertz CT molecular complexity index is 364. The van der Waals surface area contributed by atoms with Gasteiger partial charge in [-0.1, -0.05) is 6.92 Å². The smallest absolute Gasteiger partial charge is 0.317 e. The highest BCUT2D eigenvalue weighted by molar-refractivity contribution is 5.74. The molecule has 0 aromatic heterocycles. The third-order valence-electron chi connectivity index (χ3n) is 5.40. The first-order chi connectivity index (χ1) is 10.5. The highest BCUT2D eigenvalue weighted by Crippen LogP contribution is 2.34. The molecular weight excluding hydrogens is 282 g/mol. The van der Waals surface area contributed by atoms with Crippen LogP contribution in [0.15, 0.2) is 0 Å². The van der Waals surface area contributed by atoms with Gasteiger partial charge in [-0.05, 0) is 38.6 Å². The number of hydrogen-bond donors (Lipinski definition) is 2. The zero-order valence-corrected chi connectivity index (χ0v) is 14.2. The molecule has 2 saturated heterocycles. The van der Waals surface area contributed by atoms with Crippen molar-refractivity contribution < 1.29 is 14.6 Å². The van der Waals surface area contributed by atoms with Crippen LogP contribution in [0.5, 0.6) is 0 Å². The predicted octanol–water partition coefficient (Wildman–Crippen LogP) is 0.900. The minimum atomic E-state index is -0.00744. The average Bonchev–Trinajstić information content (AvgIpc) is 2.54. The van der Waals surface area contributed by atoms with Gasteiger partial charge in [0, 0.05) is 32.8 Å². The van der Waals surface area contributed by atoms with Gasteiger partial charge < -0.3 is 25.0 Å². The molecule has 2 heterocycles. The zero-order chi connectivity index (χ0) is 16.2. The highest BCUT2D eigenvalue weighted by Gasteiger charge is 2.34. The number of aliphatic hydroxyl groups is 1. The second-order valence-electron chi connectivity index (χ2n) is 6.91. The van der Waals surface area contributed by atoms with Gasteiger partial charge in [0.15, 0.2) is 0 Å². The lowest BCUT2D eigenvalue weighted by atomic mass is 9.77. The number of likely N-dealkylation sites (N-methyl/N-ethyl adjacent to an activating group) is 1. The van der Waals surface area contributed by atoms with Crippen molar-refractivity contribution in [3.63, 3.8) is 0 Å². The second-order valence-corrected chi connectivity index (χ2v) is 6.91. The Kier molecular flexibility index (Phi) is 6.06. The van der Waals surface area contributed by atoms with Crippen molar-refractivity contribution in [1.29, 1.82) is 0 Å². The van der Waals surface area contributed by atoms with Gasteiger partial charge in [0.2, 0.25) is 0 Å². The lowest BCUT2D eigenvalue weighted by Crippen LogP contribution is -2.55. The van der Waals surface area contributed by atoms with E-state index in [4.69, 9.17) is 4.74 Å². The van der Waals surface area contributed by atoms with E-state index in [1.807, 2.05) is 11.8 Å². The number of likely N-dealkylation sites (tertiary alicyclic amines) is 1. The number of nitrogens with one attached hydrogen (secondary N) is 1. The van der Waals surface area contributed by atoms with Gasteiger partial charge in [-0.25, -0.2) is 4.79 Å². The number of carbonyl (C=O) groups excluding carboxylic acids is 1. The van der Waals surface area contributed by atoms with E-state index in [1.165, 1.54) is 0 Å². The maximum absolute atomic E-state index is 12.4. The first-order valence-corrected chi connectivity index (χ1v) is 8.46. The first kappa shape index (κ1) is 17.5. The molecule has 2 amide bonds. The average molecular weight is 313 g/mol. The summed E-state index contributed by atoms with van der Waals surface area (Å²) in [5.74, 6) is 0. The molecule has 0 saturated carbocycles. The number of piperidine rings is 1. The molecule has 2 N–H and O–H groups in total. The van der Waals surface area contributed by atoms with Crippen molar-refractivity contribution in [2.24, 2.45) is 5.41 Å². The van der Waals surface area contributed by atoms with Crippen LogP contribution in [-0.4, -0.2) is 79.5 Å². The molecule has 6 heteroatoms. The van der Waals surface area contributed by atoms with Crippen LogP contribution >= 0.6 is 0 Å². The lowest BCUT2D eigenvalue weighted by molar-refractivity contribution is -0.0344. The topological polar surface area (TPSA) is 65.0 Å². The second kappa shape index (κ2) is 7.62. The molecule has 2 aliphatic rings. The van der Waals surface area contributed by atoms with Gasteiger partial charge in [-0.15, -0.1) is 0 Å². The standard InChI is InChI=1S/C16H31N3O3/c1-4-16(12-20)5-7-19(8-6-16)15(21)17-13(2)14-11-18(3)9-10-22-14/h13-14,20H,4-12H2,1-3H3,(H,17,21)/t13-,14+/m0/s1. The number of amides is 2. The van der Waals surface area contributed by atoms with Crippen molar-refractivity contribution >= 4 is 6.03 Å². The summed E-state index contributed by atoms with van der Waals surface area (Å²) in [5.41, 5.74) is 0.0115. The van der Waals surface area contributed by atoms with Crippen LogP contribution in [0.25, 0.3) is 0 Å². The maximum Gasteiger partial charge on any atom is 0.317 e. The van der Waals surface area contributed by atoms with Crippen LogP contribution < -0.4 is 5.32 Å². The largest absolute Gasteiger partial charge is 0.396 e. The summed E-state index contributed by atoms with van der Waals surface area (Å²) in [6.07, 6.45) is 2.78. The van der Waals surface area contributed by atoms with Gasteiger partial charge >= 0.3 is 6.03 Å². The molecule has 2 aliphatic heterocycles. The molecule has 128 valence electrons. The third-order valence-corrected chi connectivity index (χ3v) is 5.40. The Morgan fingerprint density at radius 2 is 2.09 bits per heavy atom. The maximum atomic E-state index is 12.4. The fourth-order valence-corrected chi connectivity index (χ4v) is 3.30. The van der Waals surface area contributed by atoms with E-state index < -0.39 is 0 Å². The van der Waals surface area contributed by atoms with Gasteiger partial charge in [0.25, 0.3) is 0 Å². The zero-order valence-electron chi connectivity index (χ0n) is 14.2. The Balaban J connectivity index is 1.80. The third kappa shape index (κ3) is 4.12. The summed E-state index contributed by atoms with van der Waals surface area (Å²) in [7, 11) is 2.08. The quantitative estimate of drug-likeness (QED) is 0.809. The van der Waals surface area contributed by atoms with Crippen molar-refractivity contribution in [3.05, 3.63) is 0 Å². The predicted molar refractivity (Wildman–Crippen MR) is 85.8 cm³/mol. The number of hydrogen-bond acceptors (Lipinski definition) is 4. The number of ether oxygens (including phenoxy) is 1. The Morgan fingerprint density at radius 3 is 2.64 bits per heavy atom. The van der Waals surface area contributed by atoms with E-state index in [0.717, 1.165) is 52.0 Å². The summed E-state index contributed by atoms with van der Waals surface area (Å²) >= 11 is 0. The molecule has 6 nitrogen and oxygen atoms in total. The van der Waals surface area contributed by atoms with Crippen LogP contribution in [0.1, 0.15) is 33.1 Å². The fourth-order valence-electron chi connectivity index (χ4n) is 3.30. The van der Waals surface area contributed by atoms with Gasteiger partial charge in [-0.3, -0.25) is 0 Å². The Hall–Kier alpha value is -0.850. The van der Waals surface area contributed by atoms with Crippen molar-refractivity contribution in [1.82, 2.24) is 15.1 Å². The molecule has 0 bridgehead atoms. The molecule has 2 atom stereocenters. The van der Waals surface area contributed by atoms with Crippen LogP contribution in [0.4, 0.5) is 4.79 Å². The van der Waals surface area contributed by atoms with Crippen LogP contribution in [-0.2, 0) is 4.74 Å². The Labute approximate surface area is 133 Å². The first-order valence-electron chi connectivity index (χ1n) is 8.46. The van der Waals surface area contributed by atoms with Gasteiger partial charge in [-0.2, -0.15) is 0 Å². The highest BCUT2D eigenvalue weighted by atomic mass is 16.5. The number of urea groups is 1. The molecule has 2 rings (SSSR count). The summed E-state index contributed by atoms with van der Waals surface area (Å²) in [6.45, 7) is 8.31. The summed E-state index contributed by atoms with van der Waals surface area (Å²) in [5, 5.41) is 12.6. The number of rotatable bonds is 4. The fraction of sp³-hybridized carbons (Fsp3) is 0.938. The molecule has 0 aromatic rings. The van der Waals surface area contributed by atoms with Crippen molar-refractivity contribution in [2.45, 2.75) is 45.3 Å². The number of aliphatic hydroxyl groups excluding tert-OH is 1. The number of carbonyl (C=O) groups is 1. The SMILES string of the molecule is CCC1(CO)CCN(C(=O)N[C@@H](C)[C@H]2CN(C)CCO2)CC1. The molecule has 0 aromatic carbocycles. The van der Waals surface area contributed by atoms with E-state index in [2.05, 4.69) is 24.2 Å². The summed E-state index contributed by atoms with van der Waals surface area (Å²) in [6, 6.07) is -0.00193. The molecule has 22 heavy (non-hydrogen) atoms. The normalized spacial score (nSPS) is 27.5. The van der Waals surface area contributed by atoms with Crippen LogP contribution in [0, 0.1) is 5.41 Å². The van der Waals surface area contributed by atoms with Crippen LogP contribution in [0.3, 0.4) is 0 Å². The number of nitrogens with zero attached hydrogens (tertiary/aromatic N) is 2. The summed E-state index contributed by atoms with van der Waals surface area (Å²) < 4.78 is 5.76. The summed E-state index contributed by atoms with van der Waals surface area (Å²) in [4.78, 5) is 16.5. The minimum Gasteiger partial charge on any atom is -0.396 e. The van der Waals surface area contributed by atoms with Gasteiger partial charge in [0.05, 0.1) is 18.8 Å². The van der Waals surface area contributed by atoms with Gasteiger partial charge in [0.1, 0.15) is 0 Å². The van der Waals surface area contributed by atoms with E-state index >= 15 is 0 Å². The van der Waals surface area contributed by atoms with E-state index in [-0.39, 0.29) is 30.2 Å². The molecule has 2 fully saturated rings. The van der Waals surface area contributed by atoms with Crippen molar-refractivity contribution in [2.75, 3.05) is 46.4 Å². The van der Waals surface area contributed by atoms with Crippen LogP contribution in [0.2, 0.25) is 0 Å². The molecule has 0 aliphatic carbocycles. The number of morpholine rings is 1. The molecule has 0 spiro atoms. The monoisotopic (exact) mass is 313 g/mol.